The number of carbonyl (C=O) groups excluding carboxylic acids is 4. The number of alkyl carbamates (subject to hydrolysis) is 1. The zero-order valence-electron chi connectivity index (χ0n) is 22.1. The van der Waals surface area contributed by atoms with Crippen molar-refractivity contribution in [3.8, 4) is 6.07 Å². The molecule has 1 aromatic rings. The second-order valence-electron chi connectivity index (χ2n) is 9.69. The molecule has 3 atom stereocenters. The molecule has 0 spiro atoms. The van der Waals surface area contributed by atoms with Gasteiger partial charge in [-0.3, -0.25) is 14.4 Å². The number of nitrogens with two attached hydrogens (primary N) is 1. The largest absolute Gasteiger partial charge is 0.444 e. The minimum absolute atomic E-state index is 0.166. The van der Waals surface area contributed by atoms with Gasteiger partial charge in [0.25, 0.3) is 0 Å². The molecule has 0 saturated carbocycles. The number of primary amides is 1. The predicted molar refractivity (Wildman–Crippen MR) is 135 cm³/mol. The van der Waals surface area contributed by atoms with E-state index in [1.807, 2.05) is 39.0 Å². The molecule has 0 saturated heterocycles. The molecule has 0 aliphatic rings. The summed E-state index contributed by atoms with van der Waals surface area (Å²) in [6, 6.07) is 6.32. The van der Waals surface area contributed by atoms with Crippen LogP contribution in [0.3, 0.4) is 0 Å². The van der Waals surface area contributed by atoms with Gasteiger partial charge in [0.15, 0.2) is 0 Å². The number of nitriles is 1. The summed E-state index contributed by atoms with van der Waals surface area (Å²) in [5.41, 5.74) is 6.02. The van der Waals surface area contributed by atoms with Crippen molar-refractivity contribution in [2.75, 3.05) is 6.54 Å². The fraction of sp³-hybridized carbons (Fsp3) is 0.577. The molecule has 10 heteroatoms. The standard InChI is InChI=1S/C26H39N5O5/c1-7-9-17(3)29-23(33)22(19-12-10-18(8-2)11-13-19)31(15-14-27)24(34)20(16-21(28)32)30-25(35)36-26(4,5)6/h10-13,17,20,22H,7-9,15-16H2,1-6H3,(H2,28,32)(H,29,33)(H,30,35). The fourth-order valence-corrected chi connectivity index (χ4v) is 3.66. The lowest BCUT2D eigenvalue weighted by Crippen LogP contribution is -2.54. The van der Waals surface area contributed by atoms with Crippen LogP contribution in [0, 0.1) is 11.3 Å². The zero-order chi connectivity index (χ0) is 27.5. The molecule has 198 valence electrons. The molecule has 0 fully saturated rings. The van der Waals surface area contributed by atoms with E-state index >= 15 is 0 Å². The number of hydrogen-bond acceptors (Lipinski definition) is 6. The first-order valence-electron chi connectivity index (χ1n) is 12.2. The van der Waals surface area contributed by atoms with Crippen LogP contribution >= 0.6 is 0 Å². The Bertz CT molecular complexity index is 949. The van der Waals surface area contributed by atoms with E-state index in [0.29, 0.717) is 5.56 Å². The molecule has 4 N–H and O–H groups in total. The molecule has 36 heavy (non-hydrogen) atoms. The highest BCUT2D eigenvalue weighted by Crippen LogP contribution is 2.24. The lowest BCUT2D eigenvalue weighted by molar-refractivity contribution is -0.142. The summed E-state index contributed by atoms with van der Waals surface area (Å²) in [4.78, 5) is 52.3. The van der Waals surface area contributed by atoms with Gasteiger partial charge in [0, 0.05) is 6.04 Å². The topological polar surface area (TPSA) is 155 Å². The van der Waals surface area contributed by atoms with E-state index in [0.717, 1.165) is 29.7 Å². The third kappa shape index (κ3) is 9.94. The number of nitrogens with zero attached hydrogens (tertiary/aromatic N) is 2. The van der Waals surface area contributed by atoms with Gasteiger partial charge in [0.05, 0.1) is 12.5 Å². The van der Waals surface area contributed by atoms with Crippen molar-refractivity contribution in [1.82, 2.24) is 15.5 Å². The van der Waals surface area contributed by atoms with E-state index in [2.05, 4.69) is 10.6 Å². The molecular weight excluding hydrogens is 462 g/mol. The summed E-state index contributed by atoms with van der Waals surface area (Å²) >= 11 is 0. The molecule has 0 aliphatic carbocycles. The van der Waals surface area contributed by atoms with Crippen molar-refractivity contribution in [2.45, 2.75) is 91.0 Å². The van der Waals surface area contributed by atoms with Crippen LogP contribution < -0.4 is 16.4 Å². The van der Waals surface area contributed by atoms with Gasteiger partial charge in [-0.05, 0) is 51.7 Å². The van der Waals surface area contributed by atoms with Crippen LogP contribution in [-0.2, 0) is 25.5 Å². The third-order valence-electron chi connectivity index (χ3n) is 5.29. The first kappa shape index (κ1) is 30.4. The molecule has 0 heterocycles. The minimum Gasteiger partial charge on any atom is -0.444 e. The average molecular weight is 502 g/mol. The molecular formula is C26H39N5O5. The summed E-state index contributed by atoms with van der Waals surface area (Å²) in [6.07, 6.45) is 0.896. The smallest absolute Gasteiger partial charge is 0.408 e. The van der Waals surface area contributed by atoms with Gasteiger partial charge in [-0.15, -0.1) is 0 Å². The SMILES string of the molecule is CCCC(C)NC(=O)C(c1ccc(CC)cc1)N(CC#N)C(=O)C(CC(N)=O)NC(=O)OC(C)(C)C. The van der Waals surface area contributed by atoms with Gasteiger partial charge in [-0.25, -0.2) is 4.79 Å². The second kappa shape index (κ2) is 14.1. The Hall–Kier alpha value is -3.61. The average Bonchev–Trinajstić information content (AvgIpc) is 2.76. The number of hydrogen-bond donors (Lipinski definition) is 3. The zero-order valence-corrected chi connectivity index (χ0v) is 22.1. The maximum Gasteiger partial charge on any atom is 0.408 e. The molecule has 10 nitrogen and oxygen atoms in total. The first-order valence-corrected chi connectivity index (χ1v) is 12.2. The number of nitrogens with one attached hydrogen (secondary N) is 2. The highest BCUT2D eigenvalue weighted by Gasteiger charge is 2.37. The van der Waals surface area contributed by atoms with Crippen molar-refractivity contribution in [1.29, 1.82) is 5.26 Å². The lowest BCUT2D eigenvalue weighted by atomic mass is 9.99. The Kier molecular flexibility index (Phi) is 11.9. The number of amides is 4. The van der Waals surface area contributed by atoms with Crippen LogP contribution in [0.4, 0.5) is 4.79 Å². The Balaban J connectivity index is 3.46. The molecule has 1 aromatic carbocycles. The summed E-state index contributed by atoms with van der Waals surface area (Å²) in [5, 5.41) is 14.8. The van der Waals surface area contributed by atoms with Gasteiger partial charge in [-0.2, -0.15) is 5.26 Å². The highest BCUT2D eigenvalue weighted by atomic mass is 16.6. The van der Waals surface area contributed by atoms with Crippen LogP contribution in [0.15, 0.2) is 24.3 Å². The summed E-state index contributed by atoms with van der Waals surface area (Å²) < 4.78 is 5.22. The molecule has 1 rings (SSSR count). The summed E-state index contributed by atoms with van der Waals surface area (Å²) in [6.45, 7) is 10.3. The fourth-order valence-electron chi connectivity index (χ4n) is 3.66. The van der Waals surface area contributed by atoms with Crippen molar-refractivity contribution < 1.29 is 23.9 Å². The monoisotopic (exact) mass is 501 g/mol. The Morgan fingerprint density at radius 3 is 2.19 bits per heavy atom. The van der Waals surface area contributed by atoms with Gasteiger partial charge in [0.2, 0.25) is 17.7 Å². The van der Waals surface area contributed by atoms with Gasteiger partial charge < -0.3 is 26.0 Å². The Morgan fingerprint density at radius 1 is 1.11 bits per heavy atom. The van der Waals surface area contributed by atoms with Crippen LogP contribution in [0.1, 0.15) is 78.0 Å². The van der Waals surface area contributed by atoms with Crippen LogP contribution in [0.25, 0.3) is 0 Å². The quantitative estimate of drug-likeness (QED) is 0.374. The molecule has 0 aromatic heterocycles. The molecule has 4 amide bonds. The van der Waals surface area contributed by atoms with Crippen LogP contribution in [0.5, 0.6) is 0 Å². The maximum absolute atomic E-state index is 13.6. The molecule has 0 bridgehead atoms. The molecule has 3 unspecified atom stereocenters. The van der Waals surface area contributed by atoms with E-state index in [1.54, 1.807) is 32.9 Å². The van der Waals surface area contributed by atoms with Crippen molar-refractivity contribution >= 4 is 23.8 Å². The van der Waals surface area contributed by atoms with E-state index in [1.165, 1.54) is 0 Å². The van der Waals surface area contributed by atoms with E-state index in [-0.39, 0.29) is 6.04 Å². The van der Waals surface area contributed by atoms with Crippen molar-refractivity contribution in [3.05, 3.63) is 35.4 Å². The van der Waals surface area contributed by atoms with Gasteiger partial charge in [-0.1, -0.05) is 44.5 Å². The van der Waals surface area contributed by atoms with E-state index < -0.39 is 54.5 Å². The number of carbonyl (C=O) groups is 4. The van der Waals surface area contributed by atoms with Crippen molar-refractivity contribution in [2.24, 2.45) is 5.73 Å². The number of ether oxygens (including phenoxy) is 1. The van der Waals surface area contributed by atoms with E-state index in [4.69, 9.17) is 10.5 Å². The highest BCUT2D eigenvalue weighted by molar-refractivity contribution is 5.94. The molecule has 0 aliphatic heterocycles. The Morgan fingerprint density at radius 2 is 1.72 bits per heavy atom. The maximum atomic E-state index is 13.6. The minimum atomic E-state index is -1.43. The second-order valence-corrected chi connectivity index (χ2v) is 9.69. The number of benzene rings is 1. The number of aryl methyl sites for hydroxylation is 1. The van der Waals surface area contributed by atoms with Crippen LogP contribution in [-0.4, -0.2) is 52.9 Å². The third-order valence-corrected chi connectivity index (χ3v) is 5.29. The summed E-state index contributed by atoms with van der Waals surface area (Å²) in [7, 11) is 0. The number of rotatable bonds is 12. The van der Waals surface area contributed by atoms with Gasteiger partial charge in [0.1, 0.15) is 24.2 Å². The Labute approximate surface area is 213 Å². The van der Waals surface area contributed by atoms with Crippen LogP contribution in [0.2, 0.25) is 0 Å². The van der Waals surface area contributed by atoms with E-state index in [9.17, 15) is 24.4 Å². The van der Waals surface area contributed by atoms with Gasteiger partial charge >= 0.3 is 6.09 Å². The molecule has 0 radical (unpaired) electrons. The van der Waals surface area contributed by atoms with Crippen molar-refractivity contribution in [3.63, 3.8) is 0 Å². The summed E-state index contributed by atoms with van der Waals surface area (Å²) in [5.74, 6) is -2.12. The predicted octanol–water partition coefficient (Wildman–Crippen LogP) is 2.72. The first-order chi connectivity index (χ1) is 16.8. The normalized spacial score (nSPS) is 13.5. The lowest BCUT2D eigenvalue weighted by Gasteiger charge is -2.33.